The molecule has 0 saturated carbocycles. The van der Waals surface area contributed by atoms with Gasteiger partial charge in [0.2, 0.25) is 0 Å². The van der Waals surface area contributed by atoms with Gasteiger partial charge in [-0.05, 0) is 29.7 Å². The van der Waals surface area contributed by atoms with E-state index in [4.69, 9.17) is 5.11 Å². The number of carboxylic acid groups (broad SMARTS) is 1. The summed E-state index contributed by atoms with van der Waals surface area (Å²) in [6.07, 6.45) is 0.204. The molecule has 0 unspecified atom stereocenters. The molecule has 2 aromatic rings. The molecule has 2 N–H and O–H groups in total. The summed E-state index contributed by atoms with van der Waals surface area (Å²) in [6, 6.07) is 21.3. The highest BCUT2D eigenvalue weighted by molar-refractivity contribution is 5.65. The van der Waals surface area contributed by atoms with Gasteiger partial charge in [0.1, 0.15) is 0 Å². The molecule has 0 bridgehead atoms. The van der Waals surface area contributed by atoms with E-state index in [-0.39, 0.29) is 0 Å². The summed E-state index contributed by atoms with van der Waals surface area (Å²) in [4.78, 5) is 14.8. The fraction of sp³-hybridized carbons (Fsp3) is 0.375. The second-order valence-electron chi connectivity index (χ2n) is 7.64. The smallest absolute Gasteiger partial charge is 0.407 e. The Balaban J connectivity index is 1.43. The molecule has 3 rings (SSSR count). The van der Waals surface area contributed by atoms with Crippen molar-refractivity contribution >= 4 is 6.09 Å². The summed E-state index contributed by atoms with van der Waals surface area (Å²) in [5.74, 6) is 0.377. The van der Waals surface area contributed by atoms with Crippen LogP contribution in [0.4, 0.5) is 4.79 Å². The third-order valence-electron chi connectivity index (χ3n) is 5.48. The monoisotopic (exact) mass is 393 g/mol. The number of nitrogens with zero attached hydrogens (tertiary/aromatic N) is 2. The lowest BCUT2D eigenvalue weighted by Crippen LogP contribution is -2.48. The first-order chi connectivity index (χ1) is 14.1. The predicted octanol–water partition coefficient (Wildman–Crippen LogP) is 3.65. The van der Waals surface area contributed by atoms with Crippen molar-refractivity contribution in [2.75, 3.05) is 45.8 Å². The van der Waals surface area contributed by atoms with Crippen LogP contribution in [0.15, 0.2) is 72.8 Å². The van der Waals surface area contributed by atoms with E-state index in [0.29, 0.717) is 19.0 Å². The Labute approximate surface area is 173 Å². The Hall–Kier alpha value is -2.63. The normalized spacial score (nSPS) is 14.9. The van der Waals surface area contributed by atoms with Gasteiger partial charge in [-0.25, -0.2) is 4.79 Å². The molecule has 1 amide bonds. The first kappa shape index (κ1) is 21.1. The summed E-state index contributed by atoms with van der Waals surface area (Å²) in [5, 5.41) is 12.6. The first-order valence-electron chi connectivity index (χ1n) is 10.3. The highest BCUT2D eigenvalue weighted by Crippen LogP contribution is 2.27. The summed E-state index contributed by atoms with van der Waals surface area (Å²) in [7, 11) is 0. The summed E-state index contributed by atoms with van der Waals surface area (Å²) < 4.78 is 0. The zero-order valence-corrected chi connectivity index (χ0v) is 17.0. The molecule has 0 aromatic heterocycles. The fourth-order valence-corrected chi connectivity index (χ4v) is 3.88. The van der Waals surface area contributed by atoms with Crippen molar-refractivity contribution in [2.45, 2.75) is 12.3 Å². The lowest BCUT2D eigenvalue weighted by atomic mass is 9.88. The lowest BCUT2D eigenvalue weighted by Gasteiger charge is -2.33. The van der Waals surface area contributed by atoms with E-state index in [1.165, 1.54) is 16.0 Å². The second kappa shape index (κ2) is 10.8. The van der Waals surface area contributed by atoms with Gasteiger partial charge in [-0.3, -0.25) is 4.90 Å². The minimum Gasteiger partial charge on any atom is -0.465 e. The largest absolute Gasteiger partial charge is 0.465 e. The van der Waals surface area contributed by atoms with Crippen LogP contribution in [0.25, 0.3) is 0 Å². The molecule has 1 heterocycles. The van der Waals surface area contributed by atoms with E-state index >= 15 is 0 Å². The van der Waals surface area contributed by atoms with Crippen molar-refractivity contribution in [3.05, 3.63) is 83.9 Å². The highest BCUT2D eigenvalue weighted by Gasteiger charge is 2.20. The van der Waals surface area contributed by atoms with Crippen LogP contribution < -0.4 is 5.32 Å². The molecule has 5 nitrogen and oxygen atoms in total. The van der Waals surface area contributed by atoms with Crippen molar-refractivity contribution < 1.29 is 9.90 Å². The zero-order chi connectivity index (χ0) is 20.5. The van der Waals surface area contributed by atoms with Gasteiger partial charge < -0.3 is 15.3 Å². The van der Waals surface area contributed by atoms with Gasteiger partial charge >= 0.3 is 6.09 Å². The van der Waals surface area contributed by atoms with E-state index in [0.717, 1.165) is 44.7 Å². The topological polar surface area (TPSA) is 55.8 Å². The Morgan fingerprint density at radius 3 is 2.03 bits per heavy atom. The van der Waals surface area contributed by atoms with Gasteiger partial charge in [-0.1, -0.05) is 67.2 Å². The third kappa shape index (κ3) is 6.44. The number of carbonyl (C=O) groups is 1. The molecule has 0 aliphatic carbocycles. The number of hydrogen-bond donors (Lipinski definition) is 2. The van der Waals surface area contributed by atoms with Crippen LogP contribution in [0, 0.1) is 0 Å². The molecule has 0 atom stereocenters. The average Bonchev–Trinajstić information content (AvgIpc) is 2.75. The molecule has 1 aliphatic heterocycles. The van der Waals surface area contributed by atoms with Crippen molar-refractivity contribution in [2.24, 2.45) is 0 Å². The van der Waals surface area contributed by atoms with Crippen molar-refractivity contribution in [3.8, 4) is 0 Å². The molecular weight excluding hydrogens is 362 g/mol. The standard InChI is InChI=1S/C24H31N3O2/c1-20(19-26-14-16-27(17-15-26)24(28)29)18-25-13-12-23(21-8-4-2-5-9-21)22-10-6-3-7-11-22/h2-11,23,25H,1,12-19H2,(H,28,29). The molecule has 2 aromatic carbocycles. The van der Waals surface area contributed by atoms with Gasteiger partial charge in [0.05, 0.1) is 0 Å². The van der Waals surface area contributed by atoms with Crippen molar-refractivity contribution in [1.82, 2.24) is 15.1 Å². The molecule has 29 heavy (non-hydrogen) atoms. The second-order valence-corrected chi connectivity index (χ2v) is 7.64. The molecule has 1 saturated heterocycles. The summed E-state index contributed by atoms with van der Waals surface area (Å²) in [6.45, 7) is 9.42. The zero-order valence-electron chi connectivity index (χ0n) is 17.0. The number of hydrogen-bond acceptors (Lipinski definition) is 3. The van der Waals surface area contributed by atoms with Crippen LogP contribution >= 0.6 is 0 Å². The Bertz CT molecular complexity index is 732. The molecule has 1 aliphatic rings. The quantitative estimate of drug-likeness (QED) is 0.504. The number of nitrogens with one attached hydrogen (secondary N) is 1. The Kier molecular flexibility index (Phi) is 7.85. The highest BCUT2D eigenvalue weighted by atomic mass is 16.4. The molecule has 5 heteroatoms. The van der Waals surface area contributed by atoms with Crippen LogP contribution in [-0.2, 0) is 0 Å². The van der Waals surface area contributed by atoms with Crippen LogP contribution in [0.3, 0.4) is 0 Å². The van der Waals surface area contributed by atoms with Crippen LogP contribution in [0.2, 0.25) is 0 Å². The number of amides is 1. The maximum absolute atomic E-state index is 11.0. The van der Waals surface area contributed by atoms with Gasteiger partial charge in [-0.15, -0.1) is 0 Å². The van der Waals surface area contributed by atoms with E-state index in [1.807, 2.05) is 0 Å². The van der Waals surface area contributed by atoms with Crippen molar-refractivity contribution in [1.29, 1.82) is 0 Å². The number of piperazine rings is 1. The summed E-state index contributed by atoms with van der Waals surface area (Å²) >= 11 is 0. The number of rotatable bonds is 9. The van der Waals surface area contributed by atoms with Crippen LogP contribution in [-0.4, -0.2) is 66.8 Å². The van der Waals surface area contributed by atoms with Crippen molar-refractivity contribution in [3.63, 3.8) is 0 Å². The van der Waals surface area contributed by atoms with E-state index in [2.05, 4.69) is 77.5 Å². The molecule has 154 valence electrons. The predicted molar refractivity (Wildman–Crippen MR) is 117 cm³/mol. The maximum Gasteiger partial charge on any atom is 0.407 e. The third-order valence-corrected chi connectivity index (χ3v) is 5.48. The van der Waals surface area contributed by atoms with Gasteiger partial charge in [0.15, 0.2) is 0 Å². The van der Waals surface area contributed by atoms with Gasteiger partial charge in [0.25, 0.3) is 0 Å². The minimum absolute atomic E-state index is 0.377. The minimum atomic E-state index is -0.823. The Morgan fingerprint density at radius 1 is 0.966 bits per heavy atom. The van der Waals surface area contributed by atoms with Crippen LogP contribution in [0.1, 0.15) is 23.5 Å². The number of benzene rings is 2. The Morgan fingerprint density at radius 2 is 1.52 bits per heavy atom. The SMILES string of the molecule is C=C(CNCCC(c1ccccc1)c1ccccc1)CN1CCN(C(=O)O)CC1. The van der Waals surface area contributed by atoms with E-state index in [9.17, 15) is 4.79 Å². The average molecular weight is 394 g/mol. The lowest BCUT2D eigenvalue weighted by molar-refractivity contribution is 0.109. The molecular formula is C24H31N3O2. The molecule has 1 fully saturated rings. The molecule has 0 spiro atoms. The fourth-order valence-electron chi connectivity index (χ4n) is 3.88. The first-order valence-corrected chi connectivity index (χ1v) is 10.3. The van der Waals surface area contributed by atoms with Gasteiger partial charge in [-0.2, -0.15) is 0 Å². The van der Waals surface area contributed by atoms with E-state index in [1.54, 1.807) is 0 Å². The van der Waals surface area contributed by atoms with Crippen LogP contribution in [0.5, 0.6) is 0 Å². The summed E-state index contributed by atoms with van der Waals surface area (Å²) in [5.41, 5.74) is 3.83. The maximum atomic E-state index is 11.0. The molecule has 0 radical (unpaired) electrons. The van der Waals surface area contributed by atoms with Gasteiger partial charge in [0, 0.05) is 45.2 Å². The van der Waals surface area contributed by atoms with E-state index < -0.39 is 6.09 Å².